The van der Waals surface area contributed by atoms with E-state index < -0.39 is 22.1 Å². The topological polar surface area (TPSA) is 81.2 Å². The molecule has 0 spiro atoms. The van der Waals surface area contributed by atoms with Gasteiger partial charge in [0.2, 0.25) is 0 Å². The van der Waals surface area contributed by atoms with E-state index in [9.17, 15) is 22.7 Å². The minimum Gasteiger partial charge on any atom is -0.465 e. The van der Waals surface area contributed by atoms with Gasteiger partial charge in [-0.25, -0.2) is 13.5 Å². The van der Waals surface area contributed by atoms with Crippen molar-refractivity contribution in [3.63, 3.8) is 0 Å². The lowest BCUT2D eigenvalue weighted by molar-refractivity contribution is 0.126. The van der Waals surface area contributed by atoms with Crippen molar-refractivity contribution in [2.75, 3.05) is 28.2 Å². The third-order valence-electron chi connectivity index (χ3n) is 4.65. The Balaban J connectivity index is 1.86. The van der Waals surface area contributed by atoms with E-state index >= 15 is 0 Å². The van der Waals surface area contributed by atoms with E-state index in [-0.39, 0.29) is 24.2 Å². The van der Waals surface area contributed by atoms with Gasteiger partial charge in [0, 0.05) is 25.7 Å². The molecule has 3 rings (SSSR count). The standard InChI is InChI=1S/C21H26FN3O4S/c1-21(2,3)15-23(20(26)27)12-7-13-24-18-11-10-16(22)14-19(18)25(30(24,28)29)17-8-5-4-6-9-17/h4-6,8-11,14H,7,12-13,15H2,1-3H3,(H,26,27). The van der Waals surface area contributed by atoms with E-state index in [1.165, 1.54) is 27.4 Å². The minimum atomic E-state index is -3.98. The van der Waals surface area contributed by atoms with Crippen molar-refractivity contribution in [1.82, 2.24) is 4.90 Å². The van der Waals surface area contributed by atoms with E-state index in [0.717, 1.165) is 4.31 Å². The van der Waals surface area contributed by atoms with E-state index in [2.05, 4.69) is 0 Å². The Morgan fingerprint density at radius 3 is 2.37 bits per heavy atom. The second kappa shape index (κ2) is 8.14. The van der Waals surface area contributed by atoms with Crippen LogP contribution in [0.4, 0.5) is 26.2 Å². The van der Waals surface area contributed by atoms with Crippen LogP contribution < -0.4 is 8.61 Å². The maximum absolute atomic E-state index is 13.9. The van der Waals surface area contributed by atoms with Gasteiger partial charge in [0.05, 0.1) is 17.1 Å². The van der Waals surface area contributed by atoms with Crippen molar-refractivity contribution >= 4 is 33.4 Å². The van der Waals surface area contributed by atoms with Gasteiger partial charge in [-0.1, -0.05) is 39.0 Å². The summed E-state index contributed by atoms with van der Waals surface area (Å²) in [5.74, 6) is -0.533. The molecule has 0 radical (unpaired) electrons. The van der Waals surface area contributed by atoms with Gasteiger partial charge in [-0.15, -0.1) is 0 Å². The fraction of sp³-hybridized carbons (Fsp3) is 0.381. The Morgan fingerprint density at radius 1 is 1.10 bits per heavy atom. The Hall–Kier alpha value is -2.81. The van der Waals surface area contributed by atoms with Crippen LogP contribution in [0.5, 0.6) is 0 Å². The lowest BCUT2D eigenvalue weighted by Crippen LogP contribution is -2.40. The summed E-state index contributed by atoms with van der Waals surface area (Å²) in [5.41, 5.74) is 0.808. The molecule has 1 heterocycles. The highest BCUT2D eigenvalue weighted by molar-refractivity contribution is 7.95. The third kappa shape index (κ3) is 4.51. The van der Waals surface area contributed by atoms with Crippen molar-refractivity contribution in [1.29, 1.82) is 0 Å². The summed E-state index contributed by atoms with van der Waals surface area (Å²) in [4.78, 5) is 12.8. The summed E-state index contributed by atoms with van der Waals surface area (Å²) in [5, 5.41) is 9.45. The molecule has 0 unspecified atom stereocenters. The highest BCUT2D eigenvalue weighted by Crippen LogP contribution is 2.45. The van der Waals surface area contributed by atoms with Crippen LogP contribution in [0.15, 0.2) is 48.5 Å². The highest BCUT2D eigenvalue weighted by atomic mass is 32.2. The largest absolute Gasteiger partial charge is 0.465 e. The monoisotopic (exact) mass is 435 g/mol. The molecule has 2 aromatic rings. The number of carbonyl (C=O) groups is 1. The maximum Gasteiger partial charge on any atom is 0.407 e. The number of carboxylic acid groups (broad SMARTS) is 1. The second-order valence-electron chi connectivity index (χ2n) is 8.43. The van der Waals surface area contributed by atoms with Gasteiger partial charge in [-0.3, -0.25) is 4.31 Å². The summed E-state index contributed by atoms with van der Waals surface area (Å²) >= 11 is 0. The summed E-state index contributed by atoms with van der Waals surface area (Å²) in [6.45, 7) is 6.44. The Morgan fingerprint density at radius 2 is 1.77 bits per heavy atom. The molecule has 1 aliphatic rings. The molecule has 1 amide bonds. The van der Waals surface area contributed by atoms with Crippen LogP contribution in [0.1, 0.15) is 27.2 Å². The van der Waals surface area contributed by atoms with Gasteiger partial charge < -0.3 is 10.0 Å². The first-order valence-electron chi connectivity index (χ1n) is 9.66. The average molecular weight is 436 g/mol. The lowest BCUT2D eigenvalue weighted by atomic mass is 9.96. The quantitative estimate of drug-likeness (QED) is 0.727. The fourth-order valence-electron chi connectivity index (χ4n) is 3.51. The zero-order valence-corrected chi connectivity index (χ0v) is 18.1. The molecule has 9 heteroatoms. The van der Waals surface area contributed by atoms with E-state index in [4.69, 9.17) is 0 Å². The molecule has 2 aromatic carbocycles. The number of nitrogens with zero attached hydrogens (tertiary/aromatic N) is 3. The van der Waals surface area contributed by atoms with Crippen LogP contribution in [-0.2, 0) is 10.2 Å². The Labute approximate surface area is 176 Å². The molecule has 30 heavy (non-hydrogen) atoms. The van der Waals surface area contributed by atoms with Crippen LogP contribution >= 0.6 is 0 Å². The predicted octanol–water partition coefficient (Wildman–Crippen LogP) is 4.44. The first kappa shape index (κ1) is 21.9. The van der Waals surface area contributed by atoms with Crippen molar-refractivity contribution in [2.24, 2.45) is 5.41 Å². The lowest BCUT2D eigenvalue weighted by Gasteiger charge is -2.28. The van der Waals surface area contributed by atoms with Gasteiger partial charge >= 0.3 is 16.3 Å². The van der Waals surface area contributed by atoms with Crippen LogP contribution in [0.3, 0.4) is 0 Å². The minimum absolute atomic E-state index is 0.0816. The fourth-order valence-corrected chi connectivity index (χ4v) is 5.25. The number of hydrogen-bond donors (Lipinski definition) is 1. The van der Waals surface area contributed by atoms with Crippen molar-refractivity contribution in [3.8, 4) is 0 Å². The van der Waals surface area contributed by atoms with Gasteiger partial charge in [0.25, 0.3) is 0 Å². The Bertz CT molecular complexity index is 1020. The molecular formula is C21H26FN3O4S. The SMILES string of the molecule is CC(C)(C)CN(CCCN1c2ccc(F)cc2N(c2ccccc2)S1(=O)=O)C(=O)O. The molecular weight excluding hydrogens is 409 g/mol. The number of anilines is 3. The predicted molar refractivity (Wildman–Crippen MR) is 115 cm³/mol. The number of hydrogen-bond acceptors (Lipinski definition) is 3. The molecule has 0 bridgehead atoms. The van der Waals surface area contributed by atoms with Crippen molar-refractivity contribution in [2.45, 2.75) is 27.2 Å². The molecule has 0 fully saturated rings. The van der Waals surface area contributed by atoms with Crippen LogP contribution in [0.25, 0.3) is 0 Å². The maximum atomic E-state index is 13.9. The zero-order chi connectivity index (χ0) is 22.1. The molecule has 0 aliphatic carbocycles. The summed E-state index contributed by atoms with van der Waals surface area (Å²) < 4.78 is 42.9. The van der Waals surface area contributed by atoms with E-state index in [1.807, 2.05) is 20.8 Å². The molecule has 0 saturated heterocycles. The number of para-hydroxylation sites is 1. The van der Waals surface area contributed by atoms with Crippen molar-refractivity contribution < 1.29 is 22.7 Å². The van der Waals surface area contributed by atoms with E-state index in [1.54, 1.807) is 30.3 Å². The van der Waals surface area contributed by atoms with Gasteiger partial charge in [0.15, 0.2) is 0 Å². The molecule has 0 saturated carbocycles. The van der Waals surface area contributed by atoms with Crippen LogP contribution in [0.2, 0.25) is 0 Å². The Kier molecular flexibility index (Phi) is 5.94. The molecule has 0 aromatic heterocycles. The second-order valence-corrected chi connectivity index (χ2v) is 10.1. The number of halogens is 1. The highest BCUT2D eigenvalue weighted by Gasteiger charge is 2.41. The number of amides is 1. The van der Waals surface area contributed by atoms with Gasteiger partial charge in [-0.2, -0.15) is 8.42 Å². The third-order valence-corrected chi connectivity index (χ3v) is 6.46. The van der Waals surface area contributed by atoms with Crippen LogP contribution in [0, 0.1) is 11.2 Å². The van der Waals surface area contributed by atoms with Crippen molar-refractivity contribution in [3.05, 3.63) is 54.3 Å². The first-order chi connectivity index (χ1) is 14.0. The van der Waals surface area contributed by atoms with E-state index in [0.29, 0.717) is 24.3 Å². The normalized spacial score (nSPS) is 15.2. The molecule has 0 atom stereocenters. The molecule has 1 N–H and O–H groups in total. The molecule has 1 aliphatic heterocycles. The zero-order valence-electron chi connectivity index (χ0n) is 17.2. The number of benzene rings is 2. The average Bonchev–Trinajstić information content (AvgIpc) is 2.86. The number of fused-ring (bicyclic) bond motifs is 1. The number of rotatable bonds is 6. The summed E-state index contributed by atoms with van der Waals surface area (Å²) in [6.07, 6.45) is -0.733. The molecule has 7 nitrogen and oxygen atoms in total. The van der Waals surface area contributed by atoms with Crippen LogP contribution in [-0.4, -0.2) is 44.2 Å². The molecule has 162 valence electrons. The van der Waals surface area contributed by atoms with Gasteiger partial charge in [-0.05, 0) is 36.1 Å². The summed E-state index contributed by atoms with van der Waals surface area (Å²) in [7, 11) is -3.98. The van der Waals surface area contributed by atoms with Gasteiger partial charge in [0.1, 0.15) is 5.82 Å². The first-order valence-corrected chi connectivity index (χ1v) is 11.1. The summed E-state index contributed by atoms with van der Waals surface area (Å²) in [6, 6.07) is 12.3. The smallest absolute Gasteiger partial charge is 0.407 e.